The second-order valence-electron chi connectivity index (χ2n) is 4.87. The average molecular weight is 290 g/mol. The van der Waals surface area contributed by atoms with E-state index in [4.69, 9.17) is 4.74 Å². The lowest BCUT2D eigenvalue weighted by Gasteiger charge is -2.13. The van der Waals surface area contributed by atoms with Gasteiger partial charge in [0.2, 0.25) is 0 Å². The van der Waals surface area contributed by atoms with Gasteiger partial charge in [-0.05, 0) is 38.0 Å². The molecule has 0 spiro atoms. The van der Waals surface area contributed by atoms with Gasteiger partial charge in [0.1, 0.15) is 0 Å². The molecule has 0 unspecified atom stereocenters. The molecule has 0 saturated heterocycles. The SMILES string of the molecule is C[C@H](OC(=O)c1ccc2ncsc2c1)C(=O)NC1CC1. The number of thiazole rings is 1. The molecular weight excluding hydrogens is 276 g/mol. The molecule has 1 N–H and O–H groups in total. The van der Waals surface area contributed by atoms with Crippen LogP contribution in [0.15, 0.2) is 23.7 Å². The molecular formula is C14H14N2O3S. The normalized spacial score (nSPS) is 15.8. The minimum Gasteiger partial charge on any atom is -0.449 e. The third kappa shape index (κ3) is 2.80. The van der Waals surface area contributed by atoms with E-state index in [0.717, 1.165) is 23.1 Å². The van der Waals surface area contributed by atoms with Gasteiger partial charge in [0, 0.05) is 6.04 Å². The molecule has 3 rings (SSSR count). The van der Waals surface area contributed by atoms with Crippen molar-refractivity contribution in [2.24, 2.45) is 0 Å². The Kier molecular flexibility index (Phi) is 3.40. The van der Waals surface area contributed by atoms with Crippen molar-refractivity contribution in [3.63, 3.8) is 0 Å². The summed E-state index contributed by atoms with van der Waals surface area (Å²) in [6.07, 6.45) is 1.24. The number of nitrogens with one attached hydrogen (secondary N) is 1. The highest BCUT2D eigenvalue weighted by Crippen LogP contribution is 2.20. The van der Waals surface area contributed by atoms with Crippen molar-refractivity contribution in [2.45, 2.75) is 31.9 Å². The number of benzene rings is 1. The summed E-state index contributed by atoms with van der Waals surface area (Å²) < 4.78 is 6.11. The van der Waals surface area contributed by atoms with E-state index < -0.39 is 12.1 Å². The molecule has 1 atom stereocenters. The van der Waals surface area contributed by atoms with Gasteiger partial charge in [-0.25, -0.2) is 9.78 Å². The van der Waals surface area contributed by atoms with Gasteiger partial charge in [0.15, 0.2) is 6.10 Å². The van der Waals surface area contributed by atoms with Crippen LogP contribution in [0.3, 0.4) is 0 Å². The van der Waals surface area contributed by atoms with Crippen LogP contribution in [0.5, 0.6) is 0 Å². The number of hydrogen-bond donors (Lipinski definition) is 1. The summed E-state index contributed by atoms with van der Waals surface area (Å²) in [5.41, 5.74) is 3.02. The van der Waals surface area contributed by atoms with Crippen molar-refractivity contribution in [1.29, 1.82) is 0 Å². The molecule has 1 aliphatic carbocycles. The Morgan fingerprint density at radius 3 is 3.00 bits per heavy atom. The maximum Gasteiger partial charge on any atom is 0.338 e. The Morgan fingerprint density at radius 2 is 2.25 bits per heavy atom. The van der Waals surface area contributed by atoms with Crippen molar-refractivity contribution in [1.82, 2.24) is 10.3 Å². The quantitative estimate of drug-likeness (QED) is 0.876. The van der Waals surface area contributed by atoms with Crippen molar-refractivity contribution in [2.75, 3.05) is 0 Å². The van der Waals surface area contributed by atoms with Gasteiger partial charge in [-0.15, -0.1) is 11.3 Å². The zero-order valence-electron chi connectivity index (χ0n) is 11.0. The molecule has 1 aromatic heterocycles. The minimum absolute atomic E-state index is 0.236. The summed E-state index contributed by atoms with van der Waals surface area (Å²) in [7, 11) is 0. The predicted octanol–water partition coefficient (Wildman–Crippen LogP) is 2.12. The Balaban J connectivity index is 1.66. The molecule has 1 aromatic carbocycles. The number of amides is 1. The lowest BCUT2D eigenvalue weighted by atomic mass is 10.2. The first-order valence-electron chi connectivity index (χ1n) is 6.48. The monoisotopic (exact) mass is 290 g/mol. The fraction of sp³-hybridized carbons (Fsp3) is 0.357. The molecule has 0 bridgehead atoms. The summed E-state index contributed by atoms with van der Waals surface area (Å²) in [6, 6.07) is 5.44. The number of rotatable bonds is 4. The molecule has 2 aromatic rings. The van der Waals surface area contributed by atoms with E-state index in [-0.39, 0.29) is 11.9 Å². The van der Waals surface area contributed by atoms with Crippen LogP contribution in [-0.2, 0) is 9.53 Å². The lowest BCUT2D eigenvalue weighted by molar-refractivity contribution is -0.129. The number of aromatic nitrogens is 1. The van der Waals surface area contributed by atoms with E-state index in [1.807, 2.05) is 0 Å². The second-order valence-corrected chi connectivity index (χ2v) is 5.75. The van der Waals surface area contributed by atoms with Crippen molar-refractivity contribution >= 4 is 33.4 Å². The van der Waals surface area contributed by atoms with Crippen LogP contribution in [-0.4, -0.2) is 29.0 Å². The van der Waals surface area contributed by atoms with E-state index in [1.54, 1.807) is 30.6 Å². The molecule has 6 heteroatoms. The number of fused-ring (bicyclic) bond motifs is 1. The number of carbonyl (C=O) groups is 2. The van der Waals surface area contributed by atoms with E-state index in [0.29, 0.717) is 5.56 Å². The van der Waals surface area contributed by atoms with Crippen LogP contribution in [0.4, 0.5) is 0 Å². The van der Waals surface area contributed by atoms with Crippen molar-refractivity contribution < 1.29 is 14.3 Å². The lowest BCUT2D eigenvalue weighted by Crippen LogP contribution is -2.37. The average Bonchev–Trinajstić information content (AvgIpc) is 3.12. The number of ether oxygens (including phenoxy) is 1. The van der Waals surface area contributed by atoms with Crippen LogP contribution >= 0.6 is 11.3 Å². The topological polar surface area (TPSA) is 68.3 Å². The van der Waals surface area contributed by atoms with Gasteiger partial charge in [0.05, 0.1) is 21.3 Å². The number of carbonyl (C=O) groups excluding carboxylic acids is 2. The molecule has 1 fully saturated rings. The molecule has 1 amide bonds. The van der Waals surface area contributed by atoms with E-state index in [9.17, 15) is 9.59 Å². The zero-order valence-corrected chi connectivity index (χ0v) is 11.8. The summed E-state index contributed by atoms with van der Waals surface area (Å²) in [5, 5.41) is 2.81. The maximum atomic E-state index is 12.0. The number of nitrogens with zero attached hydrogens (tertiary/aromatic N) is 1. The van der Waals surface area contributed by atoms with Gasteiger partial charge in [-0.3, -0.25) is 4.79 Å². The predicted molar refractivity (Wildman–Crippen MR) is 75.7 cm³/mol. The first-order valence-corrected chi connectivity index (χ1v) is 7.36. The van der Waals surface area contributed by atoms with Crippen LogP contribution in [0, 0.1) is 0 Å². The standard InChI is InChI=1S/C14H14N2O3S/c1-8(13(17)16-10-3-4-10)19-14(18)9-2-5-11-12(6-9)20-7-15-11/h2,5-8,10H,3-4H2,1H3,(H,16,17)/t8-/m0/s1. The Hall–Kier alpha value is -1.95. The third-order valence-corrected chi connectivity index (χ3v) is 3.94. The highest BCUT2D eigenvalue weighted by molar-refractivity contribution is 7.16. The molecule has 1 heterocycles. The fourth-order valence-electron chi connectivity index (χ4n) is 1.81. The van der Waals surface area contributed by atoms with Gasteiger partial charge >= 0.3 is 5.97 Å². The highest BCUT2D eigenvalue weighted by Gasteiger charge is 2.27. The van der Waals surface area contributed by atoms with Crippen LogP contribution in [0.25, 0.3) is 10.2 Å². The Bertz CT molecular complexity index is 663. The van der Waals surface area contributed by atoms with Crippen LogP contribution < -0.4 is 5.32 Å². The first kappa shape index (κ1) is 13.1. The summed E-state index contributed by atoms with van der Waals surface area (Å²) >= 11 is 1.46. The summed E-state index contributed by atoms with van der Waals surface area (Å²) in [5.74, 6) is -0.724. The largest absolute Gasteiger partial charge is 0.449 e. The van der Waals surface area contributed by atoms with E-state index in [2.05, 4.69) is 10.3 Å². The molecule has 104 valence electrons. The smallest absolute Gasteiger partial charge is 0.338 e. The summed E-state index contributed by atoms with van der Waals surface area (Å²) in [4.78, 5) is 27.9. The molecule has 20 heavy (non-hydrogen) atoms. The second kappa shape index (κ2) is 5.20. The van der Waals surface area contributed by atoms with Crippen LogP contribution in [0.2, 0.25) is 0 Å². The fourth-order valence-corrected chi connectivity index (χ4v) is 2.53. The van der Waals surface area contributed by atoms with Gasteiger partial charge in [-0.2, -0.15) is 0 Å². The maximum absolute atomic E-state index is 12.0. The Morgan fingerprint density at radius 1 is 1.45 bits per heavy atom. The van der Waals surface area contributed by atoms with Gasteiger partial charge in [0.25, 0.3) is 5.91 Å². The molecule has 0 aliphatic heterocycles. The van der Waals surface area contributed by atoms with Crippen molar-refractivity contribution in [3.05, 3.63) is 29.3 Å². The first-order chi connectivity index (χ1) is 9.63. The molecule has 1 aliphatic rings. The third-order valence-electron chi connectivity index (χ3n) is 3.14. The molecule has 0 radical (unpaired) electrons. The van der Waals surface area contributed by atoms with Crippen molar-refractivity contribution in [3.8, 4) is 0 Å². The minimum atomic E-state index is -0.778. The molecule has 5 nitrogen and oxygen atoms in total. The summed E-state index contributed by atoms with van der Waals surface area (Å²) in [6.45, 7) is 1.58. The molecule has 1 saturated carbocycles. The number of esters is 1. The van der Waals surface area contributed by atoms with Gasteiger partial charge < -0.3 is 10.1 Å². The van der Waals surface area contributed by atoms with Crippen LogP contribution in [0.1, 0.15) is 30.1 Å². The zero-order chi connectivity index (χ0) is 14.1. The van der Waals surface area contributed by atoms with E-state index in [1.165, 1.54) is 11.3 Å². The van der Waals surface area contributed by atoms with E-state index >= 15 is 0 Å². The highest BCUT2D eigenvalue weighted by atomic mass is 32.1. The number of hydrogen-bond acceptors (Lipinski definition) is 5. The Labute approximate surface area is 120 Å². The van der Waals surface area contributed by atoms with Gasteiger partial charge in [-0.1, -0.05) is 0 Å².